The monoisotopic (exact) mass is 428 g/mol. The van der Waals surface area contributed by atoms with Gasteiger partial charge in [-0.3, -0.25) is 19.9 Å². The van der Waals surface area contributed by atoms with E-state index in [-0.39, 0.29) is 18.3 Å². The highest BCUT2D eigenvalue weighted by molar-refractivity contribution is 6.02. The van der Waals surface area contributed by atoms with E-state index in [4.69, 9.17) is 4.74 Å². The molecule has 1 aliphatic rings. The Morgan fingerprint density at radius 2 is 1.74 bits per heavy atom. The van der Waals surface area contributed by atoms with Crippen molar-refractivity contribution >= 4 is 17.6 Å². The lowest BCUT2D eigenvalue weighted by Crippen LogP contribution is -2.50. The van der Waals surface area contributed by atoms with Crippen LogP contribution in [-0.2, 0) is 11.3 Å². The molecule has 0 bridgehead atoms. The summed E-state index contributed by atoms with van der Waals surface area (Å²) < 4.78 is 18.9. The van der Waals surface area contributed by atoms with Gasteiger partial charge in [0.25, 0.3) is 0 Å². The summed E-state index contributed by atoms with van der Waals surface area (Å²) >= 11 is 0. The normalized spacial score (nSPS) is 14.8. The third-order valence-electron chi connectivity index (χ3n) is 5.35. The van der Waals surface area contributed by atoms with E-state index in [1.165, 1.54) is 12.1 Å². The minimum atomic E-state index is -0.534. The minimum absolute atomic E-state index is 0.150. The molecule has 0 saturated carbocycles. The molecule has 0 spiro atoms. The first-order valence-electron chi connectivity index (χ1n) is 10.3. The van der Waals surface area contributed by atoms with Crippen LogP contribution in [0.5, 0.6) is 5.75 Å². The molecule has 3 amide bonds. The summed E-state index contributed by atoms with van der Waals surface area (Å²) in [6.07, 6.45) is 0. The first kappa shape index (κ1) is 22.7. The number of aryl methyl sites for hydroxylation is 2. The van der Waals surface area contributed by atoms with E-state index in [1.54, 1.807) is 13.2 Å². The Morgan fingerprint density at radius 1 is 1.03 bits per heavy atom. The first-order valence-corrected chi connectivity index (χ1v) is 10.3. The number of urea groups is 1. The summed E-state index contributed by atoms with van der Waals surface area (Å²) in [4.78, 5) is 28.6. The molecular weight excluding hydrogens is 399 g/mol. The van der Waals surface area contributed by atoms with Gasteiger partial charge in [-0.25, -0.2) is 9.18 Å². The second-order valence-electron chi connectivity index (χ2n) is 7.83. The summed E-state index contributed by atoms with van der Waals surface area (Å²) in [5.74, 6) is 0.0331. The number of anilines is 1. The number of nitrogens with zero attached hydrogens (tertiary/aromatic N) is 2. The van der Waals surface area contributed by atoms with Gasteiger partial charge >= 0.3 is 6.03 Å². The predicted octanol–water partition coefficient (Wildman–Crippen LogP) is 2.92. The molecule has 2 aromatic rings. The van der Waals surface area contributed by atoms with Crippen LogP contribution in [0.25, 0.3) is 0 Å². The van der Waals surface area contributed by atoms with Crippen LogP contribution >= 0.6 is 0 Å². The maximum Gasteiger partial charge on any atom is 0.325 e. The summed E-state index contributed by atoms with van der Waals surface area (Å²) in [5, 5.41) is 5.10. The number of imide groups is 1. The third kappa shape index (κ3) is 6.50. The number of carbonyl (C=O) groups excluding carboxylic acids is 2. The Morgan fingerprint density at radius 3 is 2.42 bits per heavy atom. The molecule has 8 heteroatoms. The van der Waals surface area contributed by atoms with Crippen molar-refractivity contribution in [2.75, 3.05) is 45.2 Å². The number of hydrogen-bond acceptors (Lipinski definition) is 5. The fourth-order valence-electron chi connectivity index (χ4n) is 3.69. The number of amides is 3. The van der Waals surface area contributed by atoms with Gasteiger partial charge in [0.2, 0.25) is 5.91 Å². The lowest BCUT2D eigenvalue weighted by molar-refractivity contribution is -0.121. The van der Waals surface area contributed by atoms with Crippen molar-refractivity contribution < 1.29 is 18.7 Å². The molecule has 2 aromatic carbocycles. The number of benzene rings is 2. The summed E-state index contributed by atoms with van der Waals surface area (Å²) in [5.41, 5.74) is 3.53. The van der Waals surface area contributed by atoms with E-state index in [1.807, 2.05) is 36.9 Å². The van der Waals surface area contributed by atoms with Gasteiger partial charge in [-0.15, -0.1) is 0 Å². The van der Waals surface area contributed by atoms with Crippen LogP contribution in [0.2, 0.25) is 0 Å². The minimum Gasteiger partial charge on any atom is -0.496 e. The maximum atomic E-state index is 13.6. The van der Waals surface area contributed by atoms with E-state index < -0.39 is 6.03 Å². The van der Waals surface area contributed by atoms with Gasteiger partial charge in [0, 0.05) is 44.0 Å². The highest BCUT2D eigenvalue weighted by Gasteiger charge is 2.21. The number of carbonyl (C=O) groups is 2. The lowest BCUT2D eigenvalue weighted by atomic mass is 10.1. The van der Waals surface area contributed by atoms with Gasteiger partial charge in [-0.1, -0.05) is 17.7 Å². The Labute approximate surface area is 182 Å². The third-order valence-corrected chi connectivity index (χ3v) is 5.35. The Bertz CT molecular complexity index is 942. The van der Waals surface area contributed by atoms with E-state index >= 15 is 0 Å². The van der Waals surface area contributed by atoms with Crippen LogP contribution in [0, 0.1) is 19.7 Å². The van der Waals surface area contributed by atoms with Gasteiger partial charge in [0.05, 0.1) is 13.7 Å². The fourth-order valence-corrected chi connectivity index (χ4v) is 3.69. The second kappa shape index (κ2) is 10.4. The van der Waals surface area contributed by atoms with E-state index in [0.717, 1.165) is 29.8 Å². The van der Waals surface area contributed by atoms with Gasteiger partial charge in [0.15, 0.2) is 0 Å². The lowest BCUT2D eigenvalue weighted by Gasteiger charge is -2.34. The van der Waals surface area contributed by atoms with Crippen molar-refractivity contribution in [3.8, 4) is 5.75 Å². The number of ether oxygens (including phenoxy) is 1. The molecule has 2 N–H and O–H groups in total. The Balaban J connectivity index is 1.43. The number of piperazine rings is 1. The summed E-state index contributed by atoms with van der Waals surface area (Å²) in [6.45, 7) is 7.46. The van der Waals surface area contributed by atoms with Crippen molar-refractivity contribution in [3.63, 3.8) is 0 Å². The summed E-state index contributed by atoms with van der Waals surface area (Å²) in [6, 6.07) is 9.67. The van der Waals surface area contributed by atoms with Crippen molar-refractivity contribution in [3.05, 3.63) is 58.9 Å². The van der Waals surface area contributed by atoms with Crippen LogP contribution in [-0.4, -0.2) is 61.6 Å². The molecule has 1 fully saturated rings. The molecule has 7 nitrogen and oxygen atoms in total. The molecular formula is C23H29FN4O3. The number of halogens is 1. The van der Waals surface area contributed by atoms with Gasteiger partial charge in [0.1, 0.15) is 11.6 Å². The smallest absolute Gasteiger partial charge is 0.325 e. The van der Waals surface area contributed by atoms with Crippen LogP contribution in [0.1, 0.15) is 16.7 Å². The van der Waals surface area contributed by atoms with Crippen LogP contribution in [0.3, 0.4) is 0 Å². The van der Waals surface area contributed by atoms with Crippen LogP contribution < -0.4 is 15.4 Å². The zero-order valence-electron chi connectivity index (χ0n) is 18.2. The van der Waals surface area contributed by atoms with Crippen molar-refractivity contribution in [1.82, 2.24) is 15.1 Å². The Kier molecular flexibility index (Phi) is 7.59. The number of nitrogens with one attached hydrogen (secondary N) is 2. The fraction of sp³-hybridized carbons (Fsp3) is 0.391. The highest BCUT2D eigenvalue weighted by Crippen LogP contribution is 2.21. The largest absolute Gasteiger partial charge is 0.496 e. The highest BCUT2D eigenvalue weighted by atomic mass is 19.1. The molecule has 0 aliphatic carbocycles. The number of methoxy groups -OCH3 is 1. The van der Waals surface area contributed by atoms with Crippen molar-refractivity contribution in [1.29, 1.82) is 0 Å². The number of hydrogen-bond donors (Lipinski definition) is 2. The molecule has 1 aliphatic heterocycles. The number of rotatable bonds is 6. The second-order valence-corrected chi connectivity index (χ2v) is 7.83. The average Bonchev–Trinajstić information content (AvgIpc) is 2.71. The molecule has 1 saturated heterocycles. The Hall–Kier alpha value is -2.97. The summed E-state index contributed by atoms with van der Waals surface area (Å²) in [7, 11) is 1.57. The van der Waals surface area contributed by atoms with Crippen molar-refractivity contribution in [2.24, 2.45) is 0 Å². The average molecular weight is 429 g/mol. The van der Waals surface area contributed by atoms with E-state index in [9.17, 15) is 14.0 Å². The molecule has 0 unspecified atom stereocenters. The van der Waals surface area contributed by atoms with Crippen molar-refractivity contribution in [2.45, 2.75) is 20.4 Å². The molecule has 31 heavy (non-hydrogen) atoms. The zero-order chi connectivity index (χ0) is 22.4. The SMILES string of the molecule is COc1ccc(F)cc1CN1CCN(CC(=O)NC(=O)Nc2ccc(C)cc2C)CC1. The standard InChI is InChI=1S/C23H29FN4O3/c1-16-4-6-20(17(2)12-16)25-23(30)26-22(29)15-28-10-8-27(9-11-28)14-18-13-19(24)5-7-21(18)31-3/h4-7,12-13H,8-11,14-15H2,1-3H3,(H2,25,26,29,30). The van der Waals surface area contributed by atoms with Gasteiger partial charge in [-0.05, 0) is 43.7 Å². The van der Waals surface area contributed by atoms with Crippen LogP contribution in [0.4, 0.5) is 14.9 Å². The van der Waals surface area contributed by atoms with Gasteiger partial charge < -0.3 is 10.1 Å². The molecule has 0 aromatic heterocycles. The van der Waals surface area contributed by atoms with E-state index in [2.05, 4.69) is 15.5 Å². The molecule has 166 valence electrons. The van der Waals surface area contributed by atoms with E-state index in [0.29, 0.717) is 31.1 Å². The first-order chi connectivity index (χ1) is 14.8. The predicted molar refractivity (Wildman–Crippen MR) is 118 cm³/mol. The quantitative estimate of drug-likeness (QED) is 0.740. The van der Waals surface area contributed by atoms with Gasteiger partial charge in [-0.2, -0.15) is 0 Å². The molecule has 3 rings (SSSR count). The molecule has 0 atom stereocenters. The molecule has 1 heterocycles. The van der Waals surface area contributed by atoms with Crippen LogP contribution in [0.15, 0.2) is 36.4 Å². The molecule has 0 radical (unpaired) electrons. The maximum absolute atomic E-state index is 13.6. The topological polar surface area (TPSA) is 73.9 Å². The zero-order valence-corrected chi connectivity index (χ0v) is 18.2.